The van der Waals surface area contributed by atoms with Crippen LogP contribution in [0, 0.1) is 0 Å². The molecular formula is C6H13N3O3S. The summed E-state index contributed by atoms with van der Waals surface area (Å²) >= 11 is 0. The Morgan fingerprint density at radius 3 is 2.69 bits per heavy atom. The molecule has 7 heteroatoms. The molecule has 1 saturated heterocycles. The average molecular weight is 207 g/mol. The van der Waals surface area contributed by atoms with E-state index >= 15 is 0 Å². The van der Waals surface area contributed by atoms with Gasteiger partial charge >= 0.3 is 0 Å². The molecule has 0 aromatic rings. The molecule has 1 amide bonds. The van der Waals surface area contributed by atoms with E-state index in [1.54, 1.807) is 0 Å². The van der Waals surface area contributed by atoms with Crippen molar-refractivity contribution >= 4 is 16.1 Å². The van der Waals surface area contributed by atoms with Crippen LogP contribution in [-0.2, 0) is 15.0 Å². The fourth-order valence-electron chi connectivity index (χ4n) is 1.11. The van der Waals surface area contributed by atoms with E-state index in [9.17, 15) is 13.2 Å². The first-order valence-electron chi connectivity index (χ1n) is 4.01. The van der Waals surface area contributed by atoms with E-state index < -0.39 is 10.2 Å². The molecule has 1 aliphatic rings. The van der Waals surface area contributed by atoms with Gasteiger partial charge in [-0.15, -0.1) is 0 Å². The van der Waals surface area contributed by atoms with Gasteiger partial charge < -0.3 is 5.32 Å². The Hall–Kier alpha value is -0.660. The minimum atomic E-state index is -3.39. The van der Waals surface area contributed by atoms with Gasteiger partial charge in [0.25, 0.3) is 10.2 Å². The minimum absolute atomic E-state index is 0.0279. The number of amides is 1. The molecule has 1 heterocycles. The van der Waals surface area contributed by atoms with Crippen molar-refractivity contribution in [2.45, 2.75) is 18.9 Å². The van der Waals surface area contributed by atoms with Crippen molar-refractivity contribution in [2.24, 2.45) is 0 Å². The number of hydrogen-bond acceptors (Lipinski definition) is 3. The first-order valence-corrected chi connectivity index (χ1v) is 5.49. The number of rotatable bonds is 3. The lowest BCUT2D eigenvalue weighted by molar-refractivity contribution is -0.122. The molecule has 3 N–H and O–H groups in total. The molecule has 0 saturated carbocycles. The highest BCUT2D eigenvalue weighted by Gasteiger charge is 2.21. The molecule has 0 aromatic heterocycles. The van der Waals surface area contributed by atoms with Crippen molar-refractivity contribution in [2.75, 3.05) is 13.6 Å². The molecule has 6 nitrogen and oxygen atoms in total. The largest absolute Gasteiger partial charge is 0.355 e. The minimum Gasteiger partial charge on any atom is -0.355 e. The first-order chi connectivity index (χ1) is 6.03. The van der Waals surface area contributed by atoms with Gasteiger partial charge in [-0.3, -0.25) is 4.79 Å². The molecule has 0 radical (unpaired) electrons. The van der Waals surface area contributed by atoms with Crippen LogP contribution in [-0.4, -0.2) is 34.0 Å². The molecule has 1 rings (SSSR count). The number of hydrogen-bond donors (Lipinski definition) is 3. The maximum absolute atomic E-state index is 11.0. The monoisotopic (exact) mass is 207 g/mol. The zero-order valence-electron chi connectivity index (χ0n) is 7.33. The van der Waals surface area contributed by atoms with E-state index in [1.165, 1.54) is 7.05 Å². The fraction of sp³-hybridized carbons (Fsp3) is 0.833. The third kappa shape index (κ3) is 3.29. The summed E-state index contributed by atoms with van der Waals surface area (Å²) < 4.78 is 26.6. The van der Waals surface area contributed by atoms with Gasteiger partial charge in [0.2, 0.25) is 5.91 Å². The Balaban J connectivity index is 2.43. The van der Waals surface area contributed by atoms with E-state index in [4.69, 9.17) is 0 Å². The van der Waals surface area contributed by atoms with Gasteiger partial charge in [-0.2, -0.15) is 13.1 Å². The topological polar surface area (TPSA) is 87.3 Å². The predicted molar refractivity (Wildman–Crippen MR) is 47.1 cm³/mol. The van der Waals surface area contributed by atoms with E-state index in [0.717, 1.165) is 0 Å². The Morgan fingerprint density at radius 2 is 2.23 bits per heavy atom. The smallest absolute Gasteiger partial charge is 0.276 e. The van der Waals surface area contributed by atoms with Crippen LogP contribution < -0.4 is 14.8 Å². The highest BCUT2D eigenvalue weighted by atomic mass is 32.2. The van der Waals surface area contributed by atoms with Crippen LogP contribution in [0.3, 0.4) is 0 Å². The Kier molecular flexibility index (Phi) is 3.23. The Bertz CT molecular complexity index is 277. The quantitative estimate of drug-likeness (QED) is 0.516. The van der Waals surface area contributed by atoms with Gasteiger partial charge in [0, 0.05) is 26.1 Å². The normalized spacial score (nSPS) is 24.1. The van der Waals surface area contributed by atoms with Crippen LogP contribution in [0.4, 0.5) is 0 Å². The number of carbonyl (C=O) groups excluding carboxylic acids is 1. The van der Waals surface area contributed by atoms with E-state index in [0.29, 0.717) is 19.4 Å². The molecule has 76 valence electrons. The zero-order valence-corrected chi connectivity index (χ0v) is 8.15. The van der Waals surface area contributed by atoms with Crippen molar-refractivity contribution in [3.8, 4) is 0 Å². The first kappa shape index (κ1) is 10.4. The molecule has 1 aliphatic heterocycles. The zero-order chi connectivity index (χ0) is 9.90. The summed E-state index contributed by atoms with van der Waals surface area (Å²) in [4.78, 5) is 10.7. The summed E-state index contributed by atoms with van der Waals surface area (Å²) in [5.74, 6) is -0.0279. The summed E-state index contributed by atoms with van der Waals surface area (Å²) in [6.45, 7) is 0.361. The van der Waals surface area contributed by atoms with Gasteiger partial charge in [-0.25, -0.2) is 4.72 Å². The van der Waals surface area contributed by atoms with Crippen molar-refractivity contribution in [1.82, 2.24) is 14.8 Å². The molecule has 0 aliphatic carbocycles. The third-order valence-corrected chi connectivity index (χ3v) is 3.04. The Labute approximate surface area is 77.3 Å². The van der Waals surface area contributed by atoms with Crippen LogP contribution in [0.5, 0.6) is 0 Å². The highest BCUT2D eigenvalue weighted by molar-refractivity contribution is 7.87. The van der Waals surface area contributed by atoms with Gasteiger partial charge in [-0.1, -0.05) is 0 Å². The lowest BCUT2D eigenvalue weighted by Gasteiger charge is -2.22. The molecular weight excluding hydrogens is 194 g/mol. The Morgan fingerprint density at radius 1 is 1.54 bits per heavy atom. The fourth-order valence-corrected chi connectivity index (χ4v) is 1.87. The summed E-state index contributed by atoms with van der Waals surface area (Å²) in [6, 6.07) is -0.199. The van der Waals surface area contributed by atoms with Crippen LogP contribution >= 0.6 is 0 Å². The predicted octanol–water partition coefficient (Wildman–Crippen LogP) is -1.68. The molecule has 1 unspecified atom stereocenters. The highest BCUT2D eigenvalue weighted by Crippen LogP contribution is 2.02. The van der Waals surface area contributed by atoms with Crippen molar-refractivity contribution in [3.63, 3.8) is 0 Å². The molecule has 1 atom stereocenters. The maximum atomic E-state index is 11.0. The van der Waals surface area contributed by atoms with Crippen LogP contribution in [0.15, 0.2) is 0 Å². The van der Waals surface area contributed by atoms with Gasteiger partial charge in [0.1, 0.15) is 0 Å². The number of carbonyl (C=O) groups is 1. The van der Waals surface area contributed by atoms with E-state index in [2.05, 4.69) is 14.8 Å². The molecule has 0 bridgehead atoms. The standard InChI is InChI=1S/C6H13N3O3S/c1-7-13(11,12)9-5-2-3-6(10)8-4-5/h5,7,9H,2-4H2,1H3,(H,8,10). The van der Waals surface area contributed by atoms with Crippen LogP contribution in [0.2, 0.25) is 0 Å². The maximum Gasteiger partial charge on any atom is 0.276 e. The molecule has 0 aromatic carbocycles. The third-order valence-electron chi connectivity index (χ3n) is 1.86. The van der Waals surface area contributed by atoms with Gasteiger partial charge in [0.05, 0.1) is 0 Å². The van der Waals surface area contributed by atoms with Crippen LogP contribution in [0.25, 0.3) is 0 Å². The molecule has 0 spiro atoms. The second-order valence-corrected chi connectivity index (χ2v) is 4.52. The van der Waals surface area contributed by atoms with Gasteiger partial charge in [-0.05, 0) is 6.42 Å². The van der Waals surface area contributed by atoms with E-state index in [1.807, 2.05) is 0 Å². The number of piperidine rings is 1. The van der Waals surface area contributed by atoms with Crippen molar-refractivity contribution < 1.29 is 13.2 Å². The second-order valence-electron chi connectivity index (χ2n) is 2.87. The van der Waals surface area contributed by atoms with Gasteiger partial charge in [0.15, 0.2) is 0 Å². The lowest BCUT2D eigenvalue weighted by Crippen LogP contribution is -2.50. The second kappa shape index (κ2) is 4.03. The number of nitrogens with one attached hydrogen (secondary N) is 3. The van der Waals surface area contributed by atoms with Crippen LogP contribution in [0.1, 0.15) is 12.8 Å². The lowest BCUT2D eigenvalue weighted by atomic mass is 10.1. The molecule has 13 heavy (non-hydrogen) atoms. The molecule has 1 fully saturated rings. The SMILES string of the molecule is CNS(=O)(=O)NC1CCC(=O)NC1. The van der Waals surface area contributed by atoms with Crippen molar-refractivity contribution in [1.29, 1.82) is 0 Å². The summed E-state index contributed by atoms with van der Waals surface area (Å²) in [5, 5.41) is 2.59. The average Bonchev–Trinajstić information content (AvgIpc) is 2.09. The summed E-state index contributed by atoms with van der Waals surface area (Å²) in [7, 11) is -2.05. The van der Waals surface area contributed by atoms with Crippen molar-refractivity contribution in [3.05, 3.63) is 0 Å². The summed E-state index contributed by atoms with van der Waals surface area (Å²) in [6.07, 6.45) is 0.920. The van der Waals surface area contributed by atoms with E-state index in [-0.39, 0.29) is 11.9 Å². The summed E-state index contributed by atoms with van der Waals surface area (Å²) in [5.41, 5.74) is 0.